The van der Waals surface area contributed by atoms with Crippen LogP contribution >= 0.6 is 0 Å². The summed E-state index contributed by atoms with van der Waals surface area (Å²) >= 11 is 0. The SMILES string of the molecule is C=Nc1[nH]ccc1C1=C(C)CN(c2c(F)c(OC)cc(OC)c2F)C(=O)N1C1CCOCC1. The predicted octanol–water partition coefficient (Wildman–Crippen LogP) is 4.49. The summed E-state index contributed by atoms with van der Waals surface area (Å²) in [6, 6.07) is 2.17. The second-order valence-electron chi connectivity index (χ2n) is 7.87. The summed E-state index contributed by atoms with van der Waals surface area (Å²) in [5.74, 6) is -1.86. The van der Waals surface area contributed by atoms with Crippen molar-refractivity contribution in [3.8, 4) is 11.5 Å². The fourth-order valence-electron chi connectivity index (χ4n) is 4.42. The van der Waals surface area contributed by atoms with Crippen molar-refractivity contribution in [1.82, 2.24) is 9.88 Å². The molecule has 1 fully saturated rings. The van der Waals surface area contributed by atoms with Gasteiger partial charge in [0.25, 0.3) is 0 Å². The van der Waals surface area contributed by atoms with Gasteiger partial charge in [0.2, 0.25) is 0 Å². The first-order valence-electron chi connectivity index (χ1n) is 10.6. The van der Waals surface area contributed by atoms with Gasteiger partial charge < -0.3 is 19.2 Å². The number of rotatable bonds is 6. The van der Waals surface area contributed by atoms with E-state index in [2.05, 4.69) is 16.7 Å². The third kappa shape index (κ3) is 3.84. The fourth-order valence-corrected chi connectivity index (χ4v) is 4.42. The number of amides is 2. The van der Waals surface area contributed by atoms with Crippen molar-refractivity contribution in [3.63, 3.8) is 0 Å². The molecule has 0 atom stereocenters. The van der Waals surface area contributed by atoms with Gasteiger partial charge in [0.1, 0.15) is 11.5 Å². The molecule has 2 aliphatic heterocycles. The van der Waals surface area contributed by atoms with Crippen molar-refractivity contribution in [2.75, 3.05) is 38.9 Å². The van der Waals surface area contributed by atoms with Crippen molar-refractivity contribution in [2.24, 2.45) is 4.99 Å². The molecule has 2 aromatic rings. The molecular formula is C23H26F2N4O4. The number of methoxy groups -OCH3 is 2. The number of nitrogens with zero attached hydrogens (tertiary/aromatic N) is 3. The van der Waals surface area contributed by atoms with Crippen LogP contribution in [0.5, 0.6) is 11.5 Å². The third-order valence-corrected chi connectivity index (χ3v) is 5.99. The van der Waals surface area contributed by atoms with Gasteiger partial charge in [0, 0.05) is 37.1 Å². The van der Waals surface area contributed by atoms with E-state index in [-0.39, 0.29) is 24.1 Å². The highest BCUT2D eigenvalue weighted by molar-refractivity contribution is 6.02. The molecule has 0 unspecified atom stereocenters. The predicted molar refractivity (Wildman–Crippen MR) is 120 cm³/mol. The summed E-state index contributed by atoms with van der Waals surface area (Å²) in [5, 5.41) is 0. The number of urea groups is 1. The molecule has 0 bridgehead atoms. The lowest BCUT2D eigenvalue weighted by atomic mass is 9.99. The van der Waals surface area contributed by atoms with E-state index in [0.29, 0.717) is 43.1 Å². The maximum absolute atomic E-state index is 15.3. The van der Waals surface area contributed by atoms with E-state index in [0.717, 1.165) is 16.5 Å². The molecule has 0 radical (unpaired) electrons. The lowest BCUT2D eigenvalue weighted by molar-refractivity contribution is 0.0597. The van der Waals surface area contributed by atoms with Crippen LogP contribution in [0.1, 0.15) is 25.3 Å². The Labute approximate surface area is 190 Å². The first-order valence-corrected chi connectivity index (χ1v) is 10.6. The molecule has 4 rings (SSSR count). The monoisotopic (exact) mass is 460 g/mol. The zero-order chi connectivity index (χ0) is 23.7. The molecule has 0 aliphatic carbocycles. The smallest absolute Gasteiger partial charge is 0.329 e. The highest BCUT2D eigenvalue weighted by atomic mass is 19.1. The highest BCUT2D eigenvalue weighted by Gasteiger charge is 2.41. The number of benzene rings is 1. The van der Waals surface area contributed by atoms with Crippen LogP contribution in [0.3, 0.4) is 0 Å². The fraction of sp³-hybridized carbons (Fsp3) is 0.391. The van der Waals surface area contributed by atoms with Crippen LogP contribution in [0.4, 0.5) is 25.1 Å². The van der Waals surface area contributed by atoms with Crippen LogP contribution in [-0.4, -0.2) is 62.7 Å². The Morgan fingerprint density at radius 2 is 1.82 bits per heavy atom. The van der Waals surface area contributed by atoms with Crippen LogP contribution in [0, 0.1) is 11.6 Å². The summed E-state index contributed by atoms with van der Waals surface area (Å²) in [7, 11) is 2.54. The number of ether oxygens (including phenoxy) is 3. The van der Waals surface area contributed by atoms with Crippen molar-refractivity contribution in [2.45, 2.75) is 25.8 Å². The van der Waals surface area contributed by atoms with E-state index < -0.39 is 23.4 Å². The Kier molecular flexibility index (Phi) is 6.37. The van der Waals surface area contributed by atoms with Crippen molar-refractivity contribution < 1.29 is 27.8 Å². The van der Waals surface area contributed by atoms with Crippen molar-refractivity contribution in [1.29, 1.82) is 0 Å². The maximum Gasteiger partial charge on any atom is 0.329 e. The van der Waals surface area contributed by atoms with Gasteiger partial charge in [-0.2, -0.15) is 0 Å². The molecule has 2 amide bonds. The number of carbonyl (C=O) groups excluding carboxylic acids is 1. The molecule has 176 valence electrons. The summed E-state index contributed by atoms with van der Waals surface area (Å²) in [6.45, 7) is 6.36. The molecule has 0 saturated carbocycles. The molecule has 3 heterocycles. The molecule has 10 heteroatoms. The standard InChI is InChI=1S/C23H26F2N4O4/c1-13-12-28(21-18(24)16(31-3)11-17(32-4)19(21)25)23(30)29(14-6-9-33-10-7-14)20(13)15-5-8-27-22(15)26-2/h5,8,11,14,27H,2,6-7,9-10,12H2,1,3-4H3. The molecule has 33 heavy (non-hydrogen) atoms. The third-order valence-electron chi connectivity index (χ3n) is 5.99. The Balaban J connectivity index is 1.89. The van der Waals surface area contributed by atoms with Crippen LogP contribution < -0.4 is 14.4 Å². The molecule has 2 aliphatic rings. The van der Waals surface area contributed by atoms with E-state index in [9.17, 15) is 4.79 Å². The van der Waals surface area contributed by atoms with Gasteiger partial charge in [-0.3, -0.25) is 9.80 Å². The quantitative estimate of drug-likeness (QED) is 0.644. The number of hydrogen-bond acceptors (Lipinski definition) is 5. The van der Waals surface area contributed by atoms with E-state index in [1.165, 1.54) is 14.2 Å². The summed E-state index contributed by atoms with van der Waals surface area (Å²) < 4.78 is 46.2. The van der Waals surface area contributed by atoms with Gasteiger partial charge >= 0.3 is 6.03 Å². The topological polar surface area (TPSA) is 79.4 Å². The molecule has 1 aromatic carbocycles. The van der Waals surface area contributed by atoms with E-state index in [1.807, 2.05) is 13.0 Å². The average Bonchev–Trinajstić information content (AvgIpc) is 3.30. The van der Waals surface area contributed by atoms with Crippen LogP contribution in [0.15, 0.2) is 28.9 Å². The van der Waals surface area contributed by atoms with Gasteiger partial charge in [0.05, 0.1) is 26.5 Å². The normalized spacial score (nSPS) is 17.5. The minimum atomic E-state index is -0.970. The van der Waals surface area contributed by atoms with Gasteiger partial charge in [-0.15, -0.1) is 0 Å². The Bertz CT molecular complexity index is 1080. The van der Waals surface area contributed by atoms with Gasteiger partial charge in [-0.25, -0.2) is 18.6 Å². The molecule has 1 N–H and O–H groups in total. The summed E-state index contributed by atoms with van der Waals surface area (Å²) in [5.41, 5.74) is 1.59. The minimum Gasteiger partial charge on any atom is -0.493 e. The number of aromatic amines is 1. The lowest BCUT2D eigenvalue weighted by Crippen LogP contribution is -2.53. The van der Waals surface area contributed by atoms with Crippen LogP contribution in [0.2, 0.25) is 0 Å². The Morgan fingerprint density at radius 3 is 2.39 bits per heavy atom. The largest absolute Gasteiger partial charge is 0.493 e. The Hall–Kier alpha value is -3.40. The number of H-pyrrole nitrogens is 1. The number of anilines is 1. The molecule has 1 aromatic heterocycles. The van der Waals surface area contributed by atoms with Crippen molar-refractivity contribution >= 4 is 30.0 Å². The van der Waals surface area contributed by atoms with E-state index in [4.69, 9.17) is 14.2 Å². The lowest BCUT2D eigenvalue weighted by Gasteiger charge is -2.43. The zero-order valence-electron chi connectivity index (χ0n) is 18.8. The second-order valence-corrected chi connectivity index (χ2v) is 7.87. The number of aliphatic imine (C=N–C) groups is 1. The number of aromatic nitrogens is 1. The average molecular weight is 460 g/mol. The summed E-state index contributed by atoms with van der Waals surface area (Å²) in [6.07, 6.45) is 2.89. The summed E-state index contributed by atoms with van der Waals surface area (Å²) in [4.78, 5) is 23.6. The van der Waals surface area contributed by atoms with Gasteiger partial charge in [0.15, 0.2) is 23.1 Å². The first-order chi connectivity index (χ1) is 15.9. The molecule has 0 spiro atoms. The number of hydrogen-bond donors (Lipinski definition) is 1. The van der Waals surface area contributed by atoms with E-state index in [1.54, 1.807) is 11.1 Å². The molecular weight excluding hydrogens is 434 g/mol. The van der Waals surface area contributed by atoms with Crippen LogP contribution in [-0.2, 0) is 4.74 Å². The van der Waals surface area contributed by atoms with Gasteiger partial charge in [-0.05, 0) is 38.1 Å². The maximum atomic E-state index is 15.3. The number of halogens is 2. The number of nitrogens with one attached hydrogen (secondary N) is 1. The van der Waals surface area contributed by atoms with Crippen LogP contribution in [0.25, 0.3) is 5.70 Å². The van der Waals surface area contributed by atoms with Crippen molar-refractivity contribution in [3.05, 3.63) is 41.1 Å². The molecule has 8 nitrogen and oxygen atoms in total. The van der Waals surface area contributed by atoms with Gasteiger partial charge in [-0.1, -0.05) is 0 Å². The number of carbonyl (C=O) groups is 1. The minimum absolute atomic E-state index is 0.0280. The van der Waals surface area contributed by atoms with E-state index >= 15 is 8.78 Å². The highest BCUT2D eigenvalue weighted by Crippen LogP contribution is 2.42. The molecule has 1 saturated heterocycles. The zero-order valence-corrected chi connectivity index (χ0v) is 18.8. The second kappa shape index (κ2) is 9.22. The Morgan fingerprint density at radius 1 is 1.18 bits per heavy atom. The first kappa shape index (κ1) is 22.8.